The standard InChI is InChI=1S/C25H28N4O3S/c1-19(24(31)28-16-10-2-3-11-17-28)32-22(30)18-33-25-27-26-23(20-12-6-4-7-13-20)29(25)21-14-8-5-9-15-21/h4-9,12-15,19H,2-3,10-11,16-18H2,1H3. The van der Waals surface area contributed by atoms with Gasteiger partial charge in [-0.2, -0.15) is 0 Å². The van der Waals surface area contributed by atoms with E-state index in [4.69, 9.17) is 4.74 Å². The van der Waals surface area contributed by atoms with Crippen LogP contribution in [0.2, 0.25) is 0 Å². The van der Waals surface area contributed by atoms with Crippen molar-refractivity contribution in [1.29, 1.82) is 0 Å². The van der Waals surface area contributed by atoms with Crippen molar-refractivity contribution in [1.82, 2.24) is 19.7 Å². The van der Waals surface area contributed by atoms with Crippen molar-refractivity contribution < 1.29 is 14.3 Å². The number of ether oxygens (including phenoxy) is 1. The van der Waals surface area contributed by atoms with Gasteiger partial charge in [-0.15, -0.1) is 10.2 Å². The molecule has 3 aromatic rings. The third-order valence-electron chi connectivity index (χ3n) is 5.57. The fourth-order valence-electron chi connectivity index (χ4n) is 3.90. The largest absolute Gasteiger partial charge is 0.452 e. The number of esters is 1. The molecule has 7 nitrogen and oxygen atoms in total. The average Bonchev–Trinajstić information content (AvgIpc) is 3.08. The maximum absolute atomic E-state index is 12.7. The highest BCUT2D eigenvalue weighted by molar-refractivity contribution is 7.99. The Morgan fingerprint density at radius 3 is 2.24 bits per heavy atom. The third-order valence-corrected chi connectivity index (χ3v) is 6.48. The van der Waals surface area contributed by atoms with Crippen molar-refractivity contribution in [3.05, 3.63) is 60.7 Å². The molecule has 1 amide bonds. The van der Waals surface area contributed by atoms with Gasteiger partial charge in [-0.1, -0.05) is 73.1 Å². The summed E-state index contributed by atoms with van der Waals surface area (Å²) in [5, 5.41) is 9.30. The fourth-order valence-corrected chi connectivity index (χ4v) is 4.64. The molecule has 8 heteroatoms. The molecule has 0 aliphatic carbocycles. The first-order valence-electron chi connectivity index (χ1n) is 11.3. The van der Waals surface area contributed by atoms with Crippen LogP contribution in [-0.2, 0) is 14.3 Å². The summed E-state index contributed by atoms with van der Waals surface area (Å²) in [7, 11) is 0. The normalized spacial score (nSPS) is 15.0. The first-order valence-corrected chi connectivity index (χ1v) is 12.3. The highest BCUT2D eigenvalue weighted by Gasteiger charge is 2.25. The van der Waals surface area contributed by atoms with E-state index in [-0.39, 0.29) is 11.7 Å². The molecule has 0 spiro atoms. The van der Waals surface area contributed by atoms with Gasteiger partial charge in [-0.05, 0) is 31.9 Å². The number of benzene rings is 2. The lowest BCUT2D eigenvalue weighted by Gasteiger charge is -2.23. The lowest BCUT2D eigenvalue weighted by Crippen LogP contribution is -2.40. The van der Waals surface area contributed by atoms with E-state index in [1.807, 2.05) is 70.1 Å². The molecule has 0 saturated carbocycles. The van der Waals surface area contributed by atoms with Crippen LogP contribution in [0.5, 0.6) is 0 Å². The number of aromatic nitrogens is 3. The Morgan fingerprint density at radius 2 is 1.58 bits per heavy atom. The predicted octanol–water partition coefficient (Wildman–Crippen LogP) is 4.36. The second-order valence-corrected chi connectivity index (χ2v) is 8.95. The van der Waals surface area contributed by atoms with Crippen LogP contribution in [0.25, 0.3) is 17.1 Å². The first-order chi connectivity index (χ1) is 16.1. The number of rotatable bonds is 7. The van der Waals surface area contributed by atoms with Crippen LogP contribution in [0.1, 0.15) is 32.6 Å². The molecule has 0 bridgehead atoms. The van der Waals surface area contributed by atoms with Crippen molar-refractivity contribution in [2.75, 3.05) is 18.8 Å². The number of nitrogens with zero attached hydrogens (tertiary/aromatic N) is 4. The van der Waals surface area contributed by atoms with Crippen LogP contribution < -0.4 is 0 Å². The average molecular weight is 465 g/mol. The molecule has 2 aromatic carbocycles. The summed E-state index contributed by atoms with van der Waals surface area (Å²) < 4.78 is 7.39. The van der Waals surface area contributed by atoms with E-state index in [2.05, 4.69) is 10.2 Å². The van der Waals surface area contributed by atoms with Crippen molar-refractivity contribution in [3.8, 4) is 17.1 Å². The second kappa shape index (κ2) is 11.1. The Labute approximate surface area is 198 Å². The van der Waals surface area contributed by atoms with Crippen LogP contribution in [0.15, 0.2) is 65.8 Å². The summed E-state index contributed by atoms with van der Waals surface area (Å²) in [4.78, 5) is 27.0. The molecule has 0 radical (unpaired) electrons. The number of amides is 1. The SMILES string of the molecule is CC(OC(=O)CSc1nnc(-c2ccccc2)n1-c1ccccc1)C(=O)N1CCCCCC1. The molecule has 172 valence electrons. The molecule has 1 atom stereocenters. The van der Waals surface area contributed by atoms with E-state index in [1.165, 1.54) is 11.8 Å². The molecule has 2 heterocycles. The number of para-hydroxylation sites is 1. The minimum absolute atomic E-state index is 0.0391. The second-order valence-electron chi connectivity index (χ2n) is 8.00. The summed E-state index contributed by atoms with van der Waals surface area (Å²) >= 11 is 1.25. The predicted molar refractivity (Wildman–Crippen MR) is 128 cm³/mol. The lowest BCUT2D eigenvalue weighted by molar-refractivity contribution is -0.157. The molecule has 1 aliphatic heterocycles. The molecular formula is C25H28N4O3S. The number of carbonyl (C=O) groups excluding carboxylic acids is 2. The van der Waals surface area contributed by atoms with Gasteiger partial charge in [0, 0.05) is 24.3 Å². The Bertz CT molecular complexity index is 1060. The molecule has 1 fully saturated rings. The van der Waals surface area contributed by atoms with Gasteiger partial charge in [0.15, 0.2) is 17.1 Å². The van der Waals surface area contributed by atoms with Gasteiger partial charge in [-0.25, -0.2) is 0 Å². The molecule has 1 aliphatic rings. The zero-order valence-electron chi connectivity index (χ0n) is 18.7. The highest BCUT2D eigenvalue weighted by Crippen LogP contribution is 2.28. The van der Waals surface area contributed by atoms with Crippen molar-refractivity contribution in [2.45, 2.75) is 43.9 Å². The van der Waals surface area contributed by atoms with E-state index in [9.17, 15) is 9.59 Å². The summed E-state index contributed by atoms with van der Waals surface area (Å²) in [5.74, 6) is 0.174. The number of likely N-dealkylation sites (tertiary alicyclic amines) is 1. The smallest absolute Gasteiger partial charge is 0.317 e. The zero-order valence-corrected chi connectivity index (χ0v) is 19.5. The molecule has 1 saturated heterocycles. The Balaban J connectivity index is 1.44. The monoisotopic (exact) mass is 464 g/mol. The summed E-state index contributed by atoms with van der Waals surface area (Å²) in [6.07, 6.45) is 3.49. The van der Waals surface area contributed by atoms with Gasteiger partial charge in [0.25, 0.3) is 5.91 Å². The number of hydrogen-bond donors (Lipinski definition) is 0. The van der Waals surface area contributed by atoms with Crippen LogP contribution in [0.3, 0.4) is 0 Å². The molecule has 33 heavy (non-hydrogen) atoms. The van der Waals surface area contributed by atoms with E-state index in [1.54, 1.807) is 6.92 Å². The number of carbonyl (C=O) groups is 2. The van der Waals surface area contributed by atoms with E-state index in [0.29, 0.717) is 11.0 Å². The third kappa shape index (κ3) is 5.82. The zero-order chi connectivity index (χ0) is 23.0. The van der Waals surface area contributed by atoms with Crippen LogP contribution in [0, 0.1) is 0 Å². The number of hydrogen-bond acceptors (Lipinski definition) is 6. The summed E-state index contributed by atoms with van der Waals surface area (Å²) in [6.45, 7) is 3.12. The van der Waals surface area contributed by atoms with Gasteiger partial charge < -0.3 is 9.64 Å². The maximum atomic E-state index is 12.7. The van der Waals surface area contributed by atoms with Gasteiger partial charge in [-0.3, -0.25) is 14.2 Å². The quantitative estimate of drug-likeness (QED) is 0.382. The molecule has 1 unspecified atom stereocenters. The Hall–Kier alpha value is -3.13. The molecular weight excluding hydrogens is 436 g/mol. The molecule has 0 N–H and O–H groups in total. The van der Waals surface area contributed by atoms with E-state index in [0.717, 1.165) is 50.0 Å². The van der Waals surface area contributed by atoms with Gasteiger partial charge in [0.05, 0.1) is 5.75 Å². The van der Waals surface area contributed by atoms with E-state index >= 15 is 0 Å². The Morgan fingerprint density at radius 1 is 0.939 bits per heavy atom. The molecule has 1 aromatic heterocycles. The summed E-state index contributed by atoms with van der Waals surface area (Å²) in [5.41, 5.74) is 1.84. The van der Waals surface area contributed by atoms with Crippen LogP contribution in [0.4, 0.5) is 0 Å². The van der Waals surface area contributed by atoms with Crippen LogP contribution >= 0.6 is 11.8 Å². The first kappa shape index (κ1) is 23.0. The minimum atomic E-state index is -0.789. The van der Waals surface area contributed by atoms with Crippen molar-refractivity contribution >= 4 is 23.6 Å². The van der Waals surface area contributed by atoms with Crippen LogP contribution in [-0.4, -0.2) is 56.5 Å². The van der Waals surface area contributed by atoms with Crippen molar-refractivity contribution in [3.63, 3.8) is 0 Å². The van der Waals surface area contributed by atoms with Gasteiger partial charge in [0.1, 0.15) is 0 Å². The van der Waals surface area contributed by atoms with Gasteiger partial charge >= 0.3 is 5.97 Å². The topological polar surface area (TPSA) is 77.3 Å². The molecule has 4 rings (SSSR count). The van der Waals surface area contributed by atoms with Gasteiger partial charge in [0.2, 0.25) is 0 Å². The summed E-state index contributed by atoms with van der Waals surface area (Å²) in [6, 6.07) is 19.6. The minimum Gasteiger partial charge on any atom is -0.452 e. The number of thioether (sulfide) groups is 1. The Kier molecular flexibility index (Phi) is 7.78. The van der Waals surface area contributed by atoms with E-state index < -0.39 is 12.1 Å². The lowest BCUT2D eigenvalue weighted by atomic mass is 10.2. The fraction of sp³-hybridized carbons (Fsp3) is 0.360. The maximum Gasteiger partial charge on any atom is 0.317 e. The highest BCUT2D eigenvalue weighted by atomic mass is 32.2. The van der Waals surface area contributed by atoms with Crippen molar-refractivity contribution in [2.24, 2.45) is 0 Å².